The van der Waals surface area contributed by atoms with Gasteiger partial charge in [0, 0.05) is 12.5 Å². The van der Waals surface area contributed by atoms with E-state index in [2.05, 4.69) is 12.2 Å². The molecule has 2 fully saturated rings. The molecule has 1 aliphatic carbocycles. The summed E-state index contributed by atoms with van der Waals surface area (Å²) < 4.78 is 6.16. The summed E-state index contributed by atoms with van der Waals surface area (Å²) >= 11 is 0. The topological polar surface area (TPSA) is 58.6 Å². The van der Waals surface area contributed by atoms with Crippen LogP contribution in [0.3, 0.4) is 0 Å². The molecule has 4 atom stereocenters. The lowest BCUT2D eigenvalue weighted by Crippen LogP contribution is -2.57. The highest BCUT2D eigenvalue weighted by molar-refractivity contribution is 5.89. The molecule has 0 radical (unpaired) electrons. The number of ether oxygens (including phenoxy) is 1. The van der Waals surface area contributed by atoms with E-state index in [1.807, 2.05) is 27.7 Å². The van der Waals surface area contributed by atoms with Crippen molar-refractivity contribution in [2.45, 2.75) is 91.0 Å². The van der Waals surface area contributed by atoms with Crippen LogP contribution in [-0.2, 0) is 14.3 Å². The summed E-state index contributed by atoms with van der Waals surface area (Å²) in [4.78, 5) is 27.5. The first kappa shape index (κ1) is 19.2. The van der Waals surface area contributed by atoms with Crippen molar-refractivity contribution >= 4 is 11.8 Å². The van der Waals surface area contributed by atoms with Gasteiger partial charge in [-0.3, -0.25) is 14.5 Å². The van der Waals surface area contributed by atoms with E-state index in [4.69, 9.17) is 4.74 Å². The minimum absolute atomic E-state index is 0.0564. The molecule has 2 aliphatic rings. The zero-order chi connectivity index (χ0) is 17.9. The molecule has 1 aliphatic heterocycles. The molecule has 0 bridgehead atoms. The van der Waals surface area contributed by atoms with Crippen LogP contribution < -0.4 is 5.32 Å². The predicted molar refractivity (Wildman–Crippen MR) is 94.3 cm³/mol. The van der Waals surface area contributed by atoms with Gasteiger partial charge in [0.2, 0.25) is 11.8 Å². The number of carbonyl (C=O) groups excluding carboxylic acids is 2. The van der Waals surface area contributed by atoms with E-state index in [0.717, 1.165) is 25.7 Å². The average Bonchev–Trinajstić information content (AvgIpc) is 2.84. The van der Waals surface area contributed by atoms with Gasteiger partial charge in [-0.25, -0.2) is 0 Å². The van der Waals surface area contributed by atoms with Crippen molar-refractivity contribution in [1.82, 2.24) is 10.2 Å². The van der Waals surface area contributed by atoms with E-state index < -0.39 is 11.8 Å². The molecule has 138 valence electrons. The molecule has 2 rings (SSSR count). The number of carbonyl (C=O) groups is 2. The second-order valence-electron chi connectivity index (χ2n) is 8.15. The number of nitrogens with one attached hydrogen (secondary N) is 1. The Morgan fingerprint density at radius 1 is 1.33 bits per heavy atom. The Morgan fingerprint density at radius 3 is 2.62 bits per heavy atom. The maximum absolute atomic E-state index is 13.0. The minimum atomic E-state index is -0.568. The van der Waals surface area contributed by atoms with Gasteiger partial charge in [-0.05, 0) is 44.4 Å². The second kappa shape index (κ2) is 7.85. The lowest BCUT2D eigenvalue weighted by Gasteiger charge is -2.43. The molecule has 2 amide bonds. The molecule has 5 heteroatoms. The maximum atomic E-state index is 13.0. The molecule has 5 nitrogen and oxygen atoms in total. The number of rotatable bonds is 5. The minimum Gasteiger partial charge on any atom is -0.353 e. The number of hydrogen-bond donors (Lipinski definition) is 1. The lowest BCUT2D eigenvalue weighted by atomic mass is 9.83. The van der Waals surface area contributed by atoms with Gasteiger partial charge >= 0.3 is 0 Å². The summed E-state index contributed by atoms with van der Waals surface area (Å²) in [6.45, 7) is 10.6. The molecule has 0 aromatic heterocycles. The fraction of sp³-hybridized carbons (Fsp3) is 0.895. The van der Waals surface area contributed by atoms with Crippen LogP contribution in [0.15, 0.2) is 0 Å². The zero-order valence-electron chi connectivity index (χ0n) is 15.9. The third kappa shape index (κ3) is 4.11. The average molecular weight is 338 g/mol. The summed E-state index contributed by atoms with van der Waals surface area (Å²) in [6.07, 6.45) is 5.24. The van der Waals surface area contributed by atoms with Crippen molar-refractivity contribution < 1.29 is 14.3 Å². The molecule has 0 unspecified atom stereocenters. The summed E-state index contributed by atoms with van der Waals surface area (Å²) in [5.41, 5.74) is -0.568. The van der Waals surface area contributed by atoms with Crippen LogP contribution in [0.5, 0.6) is 0 Å². The smallest absolute Gasteiger partial charge is 0.245 e. The van der Waals surface area contributed by atoms with Crippen molar-refractivity contribution in [3.05, 3.63) is 0 Å². The van der Waals surface area contributed by atoms with Gasteiger partial charge in [0.05, 0.1) is 6.61 Å². The highest BCUT2D eigenvalue weighted by atomic mass is 16.5. The molecule has 1 spiro atoms. The van der Waals surface area contributed by atoms with Crippen LogP contribution in [0.1, 0.15) is 73.1 Å². The first-order chi connectivity index (χ1) is 11.3. The fourth-order valence-corrected chi connectivity index (χ4v) is 3.97. The Kier molecular flexibility index (Phi) is 6.29. The summed E-state index contributed by atoms with van der Waals surface area (Å²) in [5, 5.41) is 3.03. The third-order valence-corrected chi connectivity index (χ3v) is 5.35. The van der Waals surface area contributed by atoms with E-state index in [0.29, 0.717) is 18.9 Å². The summed E-state index contributed by atoms with van der Waals surface area (Å²) in [5.74, 6) is 0.774. The van der Waals surface area contributed by atoms with Crippen LogP contribution in [0, 0.1) is 11.8 Å². The Bertz CT molecular complexity index is 466. The van der Waals surface area contributed by atoms with E-state index in [1.165, 1.54) is 6.42 Å². The van der Waals surface area contributed by atoms with Gasteiger partial charge in [0.15, 0.2) is 0 Å². The molecule has 1 saturated carbocycles. The van der Waals surface area contributed by atoms with Crippen molar-refractivity contribution in [2.75, 3.05) is 6.61 Å². The van der Waals surface area contributed by atoms with Gasteiger partial charge in [-0.15, -0.1) is 0 Å². The number of hydrogen-bond acceptors (Lipinski definition) is 3. The fourth-order valence-electron chi connectivity index (χ4n) is 3.97. The molecule has 0 aromatic rings. The maximum Gasteiger partial charge on any atom is 0.245 e. The molecule has 1 heterocycles. The van der Waals surface area contributed by atoms with Crippen LogP contribution >= 0.6 is 0 Å². The highest BCUT2D eigenvalue weighted by Crippen LogP contribution is 2.43. The Labute approximate surface area is 146 Å². The summed E-state index contributed by atoms with van der Waals surface area (Å²) in [6, 6.07) is -0.378. The van der Waals surface area contributed by atoms with Gasteiger partial charge in [-0.1, -0.05) is 34.1 Å². The lowest BCUT2D eigenvalue weighted by molar-refractivity contribution is -0.163. The number of nitrogens with zero attached hydrogens (tertiary/aromatic N) is 1. The molecule has 1 N–H and O–H groups in total. The highest BCUT2D eigenvalue weighted by Gasteiger charge is 2.53. The van der Waals surface area contributed by atoms with E-state index in [-0.39, 0.29) is 23.8 Å². The van der Waals surface area contributed by atoms with Gasteiger partial charge < -0.3 is 10.1 Å². The van der Waals surface area contributed by atoms with Crippen LogP contribution in [0.4, 0.5) is 0 Å². The Balaban J connectivity index is 2.23. The summed E-state index contributed by atoms with van der Waals surface area (Å²) in [7, 11) is 0. The predicted octanol–water partition coefficient (Wildman–Crippen LogP) is 3.08. The van der Waals surface area contributed by atoms with E-state index in [1.54, 1.807) is 4.90 Å². The van der Waals surface area contributed by atoms with E-state index in [9.17, 15) is 9.59 Å². The third-order valence-electron chi connectivity index (χ3n) is 5.35. The van der Waals surface area contributed by atoms with Gasteiger partial charge in [0.1, 0.15) is 11.8 Å². The van der Waals surface area contributed by atoms with Crippen molar-refractivity contribution in [3.63, 3.8) is 0 Å². The largest absolute Gasteiger partial charge is 0.353 e. The second-order valence-corrected chi connectivity index (χ2v) is 8.15. The van der Waals surface area contributed by atoms with E-state index >= 15 is 0 Å². The van der Waals surface area contributed by atoms with Crippen LogP contribution in [-0.4, -0.2) is 41.1 Å². The molecule has 1 saturated heterocycles. The van der Waals surface area contributed by atoms with Gasteiger partial charge in [-0.2, -0.15) is 0 Å². The molecule has 24 heavy (non-hydrogen) atoms. The normalized spacial score (nSPS) is 31.5. The monoisotopic (exact) mass is 338 g/mol. The quantitative estimate of drug-likeness (QED) is 0.838. The van der Waals surface area contributed by atoms with Crippen LogP contribution in [0.25, 0.3) is 0 Å². The first-order valence-corrected chi connectivity index (χ1v) is 9.55. The van der Waals surface area contributed by atoms with Gasteiger partial charge in [0.25, 0.3) is 0 Å². The standard InChI is InChI=1S/C19H34N2O3/c1-6-15(5)20-18(23)16-12-24-19(9-7-8-14(4)11-19)21(16)17(22)10-13(2)3/h13-16H,6-12H2,1-5H3,(H,20,23)/t14-,15+,16+,19-/m0/s1. The molecular weight excluding hydrogens is 304 g/mol. The van der Waals surface area contributed by atoms with Crippen molar-refractivity contribution in [2.24, 2.45) is 11.8 Å². The van der Waals surface area contributed by atoms with Crippen molar-refractivity contribution in [3.8, 4) is 0 Å². The molecular formula is C19H34N2O3. The molecule has 0 aromatic carbocycles. The van der Waals surface area contributed by atoms with Crippen LogP contribution in [0.2, 0.25) is 0 Å². The Morgan fingerprint density at radius 2 is 2.04 bits per heavy atom. The first-order valence-electron chi connectivity index (χ1n) is 9.55. The number of amides is 2. The Hall–Kier alpha value is -1.10. The zero-order valence-corrected chi connectivity index (χ0v) is 15.9. The van der Waals surface area contributed by atoms with Crippen molar-refractivity contribution in [1.29, 1.82) is 0 Å². The SMILES string of the molecule is CC[C@@H](C)NC(=O)[C@H]1CO[C@]2(CCC[C@H](C)C2)N1C(=O)CC(C)C.